The molecule has 0 amide bonds. The number of hydrogen-bond donors (Lipinski definition) is 1. The fourth-order valence-electron chi connectivity index (χ4n) is 2.53. The van der Waals surface area contributed by atoms with Crippen LogP contribution in [0.4, 0.5) is 0 Å². The molecule has 102 valence electrons. The van der Waals surface area contributed by atoms with Crippen molar-refractivity contribution < 1.29 is 4.74 Å². The van der Waals surface area contributed by atoms with Gasteiger partial charge in [-0.1, -0.05) is 13.8 Å². The molecule has 0 bridgehead atoms. The first-order chi connectivity index (χ1) is 8.80. The molecule has 1 aromatic rings. The van der Waals surface area contributed by atoms with Gasteiger partial charge < -0.3 is 10.1 Å². The Morgan fingerprint density at radius 1 is 1.50 bits per heavy atom. The Bertz CT molecular complexity index is 374. The number of nitrogens with one attached hydrogen (secondary N) is 1. The molecule has 1 aliphatic rings. The number of nitrogens with zero attached hydrogens (tertiary/aromatic N) is 1. The summed E-state index contributed by atoms with van der Waals surface area (Å²) >= 11 is 1.85. The summed E-state index contributed by atoms with van der Waals surface area (Å²) in [4.78, 5) is 6.33. The maximum Gasteiger partial charge on any atom is 0.122 e. The van der Waals surface area contributed by atoms with Gasteiger partial charge >= 0.3 is 0 Å². The van der Waals surface area contributed by atoms with Gasteiger partial charge in [-0.2, -0.15) is 0 Å². The van der Waals surface area contributed by atoms with Crippen LogP contribution in [-0.2, 0) is 11.2 Å². The van der Waals surface area contributed by atoms with Gasteiger partial charge in [-0.25, -0.2) is 4.98 Å². The molecule has 2 atom stereocenters. The number of hydrogen-bond acceptors (Lipinski definition) is 4. The standard InChI is InChI=1S/C14H24N2OS/c1-4-9-15-10-7-6-8-12-13(10)16-14(18-12)11(5-2)17-3/h10-11,15H,4-9H2,1-3H3. The maximum absolute atomic E-state index is 5.51. The van der Waals surface area contributed by atoms with E-state index < -0.39 is 0 Å². The van der Waals surface area contributed by atoms with E-state index >= 15 is 0 Å². The second-order valence-electron chi connectivity index (χ2n) is 4.89. The molecule has 0 saturated heterocycles. The second-order valence-corrected chi connectivity index (χ2v) is 6.01. The number of ether oxygens (including phenoxy) is 1. The van der Waals surface area contributed by atoms with Crippen LogP contribution in [0, 0.1) is 0 Å². The number of rotatable bonds is 6. The summed E-state index contributed by atoms with van der Waals surface area (Å²) in [7, 11) is 1.78. The van der Waals surface area contributed by atoms with Crippen LogP contribution in [0.3, 0.4) is 0 Å². The van der Waals surface area contributed by atoms with E-state index in [1.54, 1.807) is 7.11 Å². The van der Waals surface area contributed by atoms with Crippen LogP contribution in [-0.4, -0.2) is 18.6 Å². The summed E-state index contributed by atoms with van der Waals surface area (Å²) in [6.07, 6.45) is 6.04. The van der Waals surface area contributed by atoms with Crippen molar-refractivity contribution in [1.82, 2.24) is 10.3 Å². The van der Waals surface area contributed by atoms with Gasteiger partial charge in [0.05, 0.1) is 11.7 Å². The van der Waals surface area contributed by atoms with Crippen LogP contribution >= 0.6 is 11.3 Å². The minimum absolute atomic E-state index is 0.174. The Kier molecular flexibility index (Phi) is 5.15. The molecule has 0 spiro atoms. The summed E-state index contributed by atoms with van der Waals surface area (Å²) in [5.41, 5.74) is 1.30. The predicted octanol–water partition coefficient (Wildman–Crippen LogP) is 3.62. The fourth-order valence-corrected chi connectivity index (χ4v) is 3.86. The van der Waals surface area contributed by atoms with E-state index in [0.29, 0.717) is 6.04 Å². The van der Waals surface area contributed by atoms with Gasteiger partial charge in [-0.05, 0) is 38.6 Å². The molecule has 2 rings (SSSR count). The Morgan fingerprint density at radius 2 is 2.33 bits per heavy atom. The zero-order chi connectivity index (χ0) is 13.0. The Hall–Kier alpha value is -0.450. The van der Waals surface area contributed by atoms with Crippen molar-refractivity contribution in [3.05, 3.63) is 15.6 Å². The average Bonchev–Trinajstić information content (AvgIpc) is 2.82. The van der Waals surface area contributed by atoms with Gasteiger partial charge in [0.2, 0.25) is 0 Å². The number of aryl methyl sites for hydroxylation is 1. The highest BCUT2D eigenvalue weighted by Gasteiger charge is 2.26. The highest BCUT2D eigenvalue weighted by atomic mass is 32.1. The molecule has 0 fully saturated rings. The first-order valence-corrected chi connectivity index (χ1v) is 7.87. The van der Waals surface area contributed by atoms with Gasteiger partial charge in [0.25, 0.3) is 0 Å². The lowest BCUT2D eigenvalue weighted by atomic mass is 9.97. The van der Waals surface area contributed by atoms with E-state index in [2.05, 4.69) is 19.2 Å². The molecule has 1 N–H and O–H groups in total. The highest BCUT2D eigenvalue weighted by molar-refractivity contribution is 7.11. The summed E-state index contributed by atoms with van der Waals surface area (Å²) in [6, 6.07) is 0.466. The summed E-state index contributed by atoms with van der Waals surface area (Å²) in [5.74, 6) is 0. The zero-order valence-corrected chi connectivity index (χ0v) is 12.5. The predicted molar refractivity (Wildman–Crippen MR) is 76.1 cm³/mol. The number of methoxy groups -OCH3 is 1. The molecule has 3 nitrogen and oxygen atoms in total. The highest BCUT2D eigenvalue weighted by Crippen LogP contribution is 2.36. The van der Waals surface area contributed by atoms with Crippen molar-refractivity contribution in [3.8, 4) is 0 Å². The van der Waals surface area contributed by atoms with Gasteiger partial charge in [0, 0.05) is 12.0 Å². The Morgan fingerprint density at radius 3 is 3.00 bits per heavy atom. The average molecular weight is 268 g/mol. The Labute approximate surface area is 114 Å². The molecule has 0 radical (unpaired) electrons. The van der Waals surface area contributed by atoms with E-state index in [1.807, 2.05) is 11.3 Å². The number of fused-ring (bicyclic) bond motifs is 1. The minimum atomic E-state index is 0.174. The molecule has 1 aromatic heterocycles. The Balaban J connectivity index is 2.17. The first-order valence-electron chi connectivity index (χ1n) is 7.05. The molecule has 0 saturated carbocycles. The maximum atomic E-state index is 5.51. The van der Waals surface area contributed by atoms with Crippen LogP contribution < -0.4 is 5.32 Å². The molecule has 2 unspecified atom stereocenters. The van der Waals surface area contributed by atoms with Crippen LogP contribution in [0.5, 0.6) is 0 Å². The smallest absolute Gasteiger partial charge is 0.122 e. The third kappa shape index (κ3) is 2.92. The third-order valence-electron chi connectivity index (χ3n) is 3.54. The van der Waals surface area contributed by atoms with Crippen LogP contribution in [0.2, 0.25) is 0 Å². The second kappa shape index (κ2) is 6.64. The van der Waals surface area contributed by atoms with Crippen molar-refractivity contribution in [2.24, 2.45) is 0 Å². The zero-order valence-electron chi connectivity index (χ0n) is 11.7. The van der Waals surface area contributed by atoms with Crippen LogP contribution in [0.1, 0.15) is 67.3 Å². The lowest BCUT2D eigenvalue weighted by Crippen LogP contribution is -2.25. The van der Waals surface area contributed by atoms with Crippen molar-refractivity contribution in [3.63, 3.8) is 0 Å². The molecule has 0 aliphatic heterocycles. The van der Waals surface area contributed by atoms with Gasteiger partial charge in [0.15, 0.2) is 0 Å². The quantitative estimate of drug-likeness (QED) is 0.855. The number of aromatic nitrogens is 1. The van der Waals surface area contributed by atoms with Crippen LogP contribution in [0.25, 0.3) is 0 Å². The molecule has 18 heavy (non-hydrogen) atoms. The molecule has 4 heteroatoms. The fraction of sp³-hybridized carbons (Fsp3) is 0.786. The monoisotopic (exact) mass is 268 g/mol. The lowest BCUT2D eigenvalue weighted by Gasteiger charge is -2.22. The van der Waals surface area contributed by atoms with Crippen molar-refractivity contribution in [2.45, 2.75) is 58.1 Å². The van der Waals surface area contributed by atoms with E-state index in [1.165, 1.54) is 36.3 Å². The molecule has 1 aliphatic carbocycles. The summed E-state index contributed by atoms with van der Waals surface area (Å²) in [6.45, 7) is 5.45. The van der Waals surface area contributed by atoms with Gasteiger partial charge in [-0.3, -0.25) is 0 Å². The lowest BCUT2D eigenvalue weighted by molar-refractivity contribution is 0.0996. The van der Waals surface area contributed by atoms with E-state index in [9.17, 15) is 0 Å². The van der Waals surface area contributed by atoms with Crippen LogP contribution in [0.15, 0.2) is 0 Å². The third-order valence-corrected chi connectivity index (χ3v) is 4.77. The SMILES string of the molecule is CCCNC1CCCc2sc(C(CC)OC)nc21. The molecular formula is C14H24N2OS. The van der Waals surface area contributed by atoms with E-state index in [-0.39, 0.29) is 6.10 Å². The molecule has 1 heterocycles. The van der Waals surface area contributed by atoms with E-state index in [0.717, 1.165) is 18.0 Å². The van der Waals surface area contributed by atoms with Gasteiger partial charge in [0.1, 0.15) is 11.1 Å². The summed E-state index contributed by atoms with van der Waals surface area (Å²) in [5, 5.41) is 4.78. The normalized spacial score (nSPS) is 20.7. The van der Waals surface area contributed by atoms with E-state index in [4.69, 9.17) is 9.72 Å². The molecule has 0 aromatic carbocycles. The molecular weight excluding hydrogens is 244 g/mol. The van der Waals surface area contributed by atoms with Crippen molar-refractivity contribution in [2.75, 3.05) is 13.7 Å². The topological polar surface area (TPSA) is 34.1 Å². The number of thiazole rings is 1. The first kappa shape index (κ1) is 14.0. The van der Waals surface area contributed by atoms with Gasteiger partial charge in [-0.15, -0.1) is 11.3 Å². The minimum Gasteiger partial charge on any atom is -0.374 e. The largest absolute Gasteiger partial charge is 0.374 e. The van der Waals surface area contributed by atoms with Crippen molar-refractivity contribution in [1.29, 1.82) is 0 Å². The summed E-state index contributed by atoms with van der Waals surface area (Å²) < 4.78 is 5.51. The van der Waals surface area contributed by atoms with Crippen molar-refractivity contribution >= 4 is 11.3 Å².